The van der Waals surface area contributed by atoms with Crippen molar-refractivity contribution in [2.24, 2.45) is 5.29 Å². The van der Waals surface area contributed by atoms with Gasteiger partial charge in [-0.1, -0.05) is 4.91 Å². The molecule has 0 amide bonds. The first-order valence-electron chi connectivity index (χ1n) is 1.72. The van der Waals surface area contributed by atoms with E-state index in [1.54, 1.807) is 21.1 Å². The Morgan fingerprint density at radius 1 is 1.33 bits per heavy atom. The van der Waals surface area contributed by atoms with Crippen LogP contribution in [0.2, 0.25) is 0 Å². The highest BCUT2D eigenvalue weighted by Gasteiger charge is 2.01. The van der Waals surface area contributed by atoms with Crippen molar-refractivity contribution in [1.29, 1.82) is 0 Å². The first-order valence-corrected chi connectivity index (χ1v) is 1.72. The number of nitrogens with zero attached hydrogens (tertiary/aromatic N) is 2. The molecular formula is C3H9N2O+. The zero-order valence-corrected chi connectivity index (χ0v) is 4.30. The van der Waals surface area contributed by atoms with Crippen molar-refractivity contribution in [3.63, 3.8) is 0 Å². The lowest BCUT2D eigenvalue weighted by Gasteiger charge is -2.06. The fraction of sp³-hybridized carbons (Fsp3) is 1.00. The molecule has 6 heavy (non-hydrogen) atoms. The molecule has 0 spiro atoms. The molecule has 0 aliphatic rings. The molecule has 0 aliphatic heterocycles. The Labute approximate surface area is 37.1 Å². The average molecular weight is 89.1 g/mol. The summed E-state index contributed by atoms with van der Waals surface area (Å²) in [4.78, 5) is 9.55. The van der Waals surface area contributed by atoms with E-state index in [0.717, 1.165) is 0 Å². The monoisotopic (exact) mass is 89.1 g/mol. The maximum absolute atomic E-state index is 9.55. The van der Waals surface area contributed by atoms with Crippen molar-refractivity contribution < 1.29 is 4.59 Å². The summed E-state index contributed by atoms with van der Waals surface area (Å²) >= 11 is 0. The van der Waals surface area contributed by atoms with Gasteiger partial charge in [0.2, 0.25) is 0 Å². The predicted octanol–water partition coefficient (Wildman–Crippen LogP) is 0.374. The molecule has 0 saturated heterocycles. The molecule has 36 valence electrons. The Kier molecular flexibility index (Phi) is 1.24. The van der Waals surface area contributed by atoms with Gasteiger partial charge in [0.05, 0.1) is 21.1 Å². The van der Waals surface area contributed by atoms with Gasteiger partial charge in [0.15, 0.2) is 5.29 Å². The van der Waals surface area contributed by atoms with Gasteiger partial charge in [-0.3, -0.25) is 0 Å². The van der Waals surface area contributed by atoms with E-state index in [4.69, 9.17) is 0 Å². The van der Waals surface area contributed by atoms with Crippen LogP contribution in [0.5, 0.6) is 0 Å². The second-order valence-electron chi connectivity index (χ2n) is 2.02. The van der Waals surface area contributed by atoms with Crippen LogP contribution in [0.4, 0.5) is 0 Å². The third-order valence-corrected chi connectivity index (χ3v) is 0.245. The quantitative estimate of drug-likeness (QED) is 0.259. The minimum absolute atomic E-state index is 0.139. The minimum atomic E-state index is 0.139. The van der Waals surface area contributed by atoms with Crippen LogP contribution in [-0.4, -0.2) is 25.7 Å². The molecular weight excluding hydrogens is 80.0 g/mol. The van der Waals surface area contributed by atoms with Crippen molar-refractivity contribution in [3.05, 3.63) is 4.91 Å². The highest BCUT2D eigenvalue weighted by Crippen LogP contribution is 1.85. The van der Waals surface area contributed by atoms with E-state index in [1.807, 2.05) is 0 Å². The van der Waals surface area contributed by atoms with Crippen LogP contribution in [0, 0.1) is 4.91 Å². The number of nitroso groups, excluding NO2 is 1. The molecule has 0 unspecified atom stereocenters. The van der Waals surface area contributed by atoms with Crippen LogP contribution in [0.15, 0.2) is 5.29 Å². The standard InChI is InChI=1S/C3H9N2O/c1-5(2,3)4-6/h1-3H3/q+1. The molecule has 0 aromatic carbocycles. The molecule has 0 N–H and O–H groups in total. The van der Waals surface area contributed by atoms with Gasteiger partial charge in [-0.2, -0.15) is 4.59 Å². The first kappa shape index (κ1) is 5.56. The first-order chi connectivity index (χ1) is 2.56. The molecule has 0 heterocycles. The van der Waals surface area contributed by atoms with Gasteiger partial charge in [-0.25, -0.2) is 0 Å². The van der Waals surface area contributed by atoms with E-state index in [1.165, 1.54) is 0 Å². The number of hydrogen-bond acceptors (Lipinski definition) is 2. The lowest BCUT2D eigenvalue weighted by atomic mass is 10.9. The Balaban J connectivity index is 3.45. The lowest BCUT2D eigenvalue weighted by Crippen LogP contribution is -2.25. The smallest absolute Gasteiger partial charge is 0.152 e. The molecule has 0 aliphatic carbocycles. The van der Waals surface area contributed by atoms with Crippen LogP contribution in [0.3, 0.4) is 0 Å². The van der Waals surface area contributed by atoms with Crippen LogP contribution in [-0.2, 0) is 0 Å². The summed E-state index contributed by atoms with van der Waals surface area (Å²) in [5.74, 6) is 0. The van der Waals surface area contributed by atoms with E-state index >= 15 is 0 Å². The van der Waals surface area contributed by atoms with Crippen LogP contribution < -0.4 is 0 Å². The molecule has 3 nitrogen and oxygen atoms in total. The van der Waals surface area contributed by atoms with Crippen molar-refractivity contribution in [2.45, 2.75) is 0 Å². The summed E-state index contributed by atoms with van der Waals surface area (Å²) < 4.78 is 0.139. The summed E-state index contributed by atoms with van der Waals surface area (Å²) in [6.45, 7) is 0. The topological polar surface area (TPSA) is 29.4 Å². The molecule has 0 aromatic rings. The largest absolute Gasteiger partial charge is 0.168 e. The van der Waals surface area contributed by atoms with Gasteiger partial charge in [0.1, 0.15) is 0 Å². The number of hydrogen-bond donors (Lipinski definition) is 0. The average Bonchev–Trinajstić information content (AvgIpc) is 1.35. The number of quaternary nitrogens is 1. The Morgan fingerprint density at radius 3 is 1.50 bits per heavy atom. The SMILES string of the molecule is C[N+](C)(C)N=O. The molecule has 0 radical (unpaired) electrons. The van der Waals surface area contributed by atoms with E-state index in [0.29, 0.717) is 0 Å². The summed E-state index contributed by atoms with van der Waals surface area (Å²) in [6.07, 6.45) is 0. The van der Waals surface area contributed by atoms with Gasteiger partial charge in [-0.15, -0.1) is 0 Å². The van der Waals surface area contributed by atoms with Crippen molar-refractivity contribution in [1.82, 2.24) is 0 Å². The molecule has 0 bridgehead atoms. The Morgan fingerprint density at radius 2 is 1.50 bits per heavy atom. The van der Waals surface area contributed by atoms with Crippen LogP contribution in [0.25, 0.3) is 0 Å². The summed E-state index contributed by atoms with van der Waals surface area (Å²) in [6, 6.07) is 0. The lowest BCUT2D eigenvalue weighted by molar-refractivity contribution is -0.878. The van der Waals surface area contributed by atoms with Crippen LogP contribution in [0.1, 0.15) is 0 Å². The second kappa shape index (κ2) is 1.34. The van der Waals surface area contributed by atoms with E-state index in [9.17, 15) is 4.91 Å². The third kappa shape index (κ3) is 3.56. The van der Waals surface area contributed by atoms with Crippen molar-refractivity contribution in [2.75, 3.05) is 21.1 Å². The Hall–Kier alpha value is -0.440. The normalized spacial score (nSPS) is 11.2. The highest BCUT2D eigenvalue weighted by atomic mass is 16.3. The minimum Gasteiger partial charge on any atom is -0.168 e. The van der Waals surface area contributed by atoms with E-state index in [-0.39, 0.29) is 4.59 Å². The maximum atomic E-state index is 9.55. The Bertz CT molecular complexity index is 54.3. The molecule has 0 saturated carbocycles. The maximum Gasteiger partial charge on any atom is 0.152 e. The van der Waals surface area contributed by atoms with E-state index in [2.05, 4.69) is 5.29 Å². The highest BCUT2D eigenvalue weighted by molar-refractivity contribution is 3.99. The van der Waals surface area contributed by atoms with E-state index < -0.39 is 0 Å². The van der Waals surface area contributed by atoms with Gasteiger partial charge in [-0.05, 0) is 0 Å². The molecule has 0 rings (SSSR count). The molecule has 0 atom stereocenters. The van der Waals surface area contributed by atoms with Crippen LogP contribution >= 0.6 is 0 Å². The fourth-order valence-electron chi connectivity index (χ4n) is 0. The summed E-state index contributed by atoms with van der Waals surface area (Å²) in [5.41, 5.74) is 0. The van der Waals surface area contributed by atoms with Crippen molar-refractivity contribution >= 4 is 0 Å². The number of rotatable bonds is 1. The molecule has 0 fully saturated rings. The molecule has 0 aromatic heterocycles. The second-order valence-corrected chi connectivity index (χ2v) is 2.02. The zero-order chi connectivity index (χ0) is 5.21. The molecule has 3 heteroatoms. The zero-order valence-electron chi connectivity index (χ0n) is 4.30. The predicted molar refractivity (Wildman–Crippen MR) is 23.8 cm³/mol. The van der Waals surface area contributed by atoms with Crippen molar-refractivity contribution in [3.8, 4) is 0 Å². The van der Waals surface area contributed by atoms with Gasteiger partial charge in [0, 0.05) is 0 Å². The summed E-state index contributed by atoms with van der Waals surface area (Å²) in [5, 5.41) is 2.71. The van der Waals surface area contributed by atoms with Gasteiger partial charge >= 0.3 is 0 Å². The third-order valence-electron chi connectivity index (χ3n) is 0.245. The van der Waals surface area contributed by atoms with Gasteiger partial charge < -0.3 is 0 Å². The van der Waals surface area contributed by atoms with Gasteiger partial charge in [0.25, 0.3) is 0 Å². The fourth-order valence-corrected chi connectivity index (χ4v) is 0. The summed E-state index contributed by atoms with van der Waals surface area (Å²) in [7, 11) is 5.10.